The van der Waals surface area contributed by atoms with E-state index < -0.39 is 50.9 Å². The van der Waals surface area contributed by atoms with Crippen molar-refractivity contribution in [2.75, 3.05) is 13.2 Å². The highest BCUT2D eigenvalue weighted by Gasteiger charge is 2.61. The van der Waals surface area contributed by atoms with E-state index in [0.717, 1.165) is 0 Å². The first-order valence-electron chi connectivity index (χ1n) is 4.63. The summed E-state index contributed by atoms with van der Waals surface area (Å²) in [6.07, 6.45) is -2.24. The largest absolute Gasteiger partial charge is 0.648 e. The molecule has 0 aliphatic heterocycles. The molecule has 15 nitrogen and oxygen atoms in total. The van der Waals surface area contributed by atoms with E-state index in [0.29, 0.717) is 0 Å². The second-order valence-electron chi connectivity index (χ2n) is 3.29. The van der Waals surface area contributed by atoms with Crippen molar-refractivity contribution in [3.8, 4) is 0 Å². The minimum Gasteiger partial charge on any atom is -0.414 e. The molecule has 0 aromatic rings. The molecule has 0 aliphatic carbocycles. The lowest BCUT2D eigenvalue weighted by Crippen LogP contribution is -2.48. The lowest BCUT2D eigenvalue weighted by molar-refractivity contribution is -0.833. The van der Waals surface area contributed by atoms with Gasteiger partial charge in [-0.1, -0.05) is 8.78 Å². The Hall–Kier alpha value is -3.27. The van der Waals surface area contributed by atoms with Gasteiger partial charge in [0.25, 0.3) is 13.2 Å². The maximum absolute atomic E-state index is 13.1. The van der Waals surface area contributed by atoms with Crippen molar-refractivity contribution in [1.82, 2.24) is 0 Å². The SMILES string of the molecule is O=C(OCC(F)([N+](=O)[O-])[N+](=O)[O-])OCC(F)([N+](=O)[O-])[N+](=O)[O-]. The third kappa shape index (κ3) is 3.86. The zero-order chi connectivity index (χ0) is 17.7. The van der Waals surface area contributed by atoms with Gasteiger partial charge in [0.15, 0.2) is 0 Å². The number of hydrogen-bond donors (Lipinski definition) is 0. The summed E-state index contributed by atoms with van der Waals surface area (Å²) in [5.41, 5.74) is 0. The predicted molar refractivity (Wildman–Crippen MR) is 53.0 cm³/mol. The van der Waals surface area contributed by atoms with Crippen LogP contribution < -0.4 is 0 Å². The number of alkyl halides is 2. The van der Waals surface area contributed by atoms with Crippen molar-refractivity contribution >= 4 is 6.16 Å². The average molecular weight is 334 g/mol. The molecule has 0 unspecified atom stereocenters. The molecule has 0 fully saturated rings. The number of halogens is 2. The summed E-state index contributed by atoms with van der Waals surface area (Å²) in [6.45, 7) is -4.25. The van der Waals surface area contributed by atoms with E-state index in [1.165, 1.54) is 0 Å². The lowest BCUT2D eigenvalue weighted by Gasteiger charge is -2.10. The standard InChI is InChI=1S/C5H4F2N4O11/c6-4(8(13)14,9(15)16)1-21-3(12)22-2-5(7,10(17)18)11(19)20/h1-2H2. The molecule has 0 atom stereocenters. The van der Waals surface area contributed by atoms with Crippen molar-refractivity contribution in [3.63, 3.8) is 0 Å². The fourth-order valence-electron chi connectivity index (χ4n) is 0.687. The van der Waals surface area contributed by atoms with Gasteiger partial charge in [0.2, 0.25) is 0 Å². The summed E-state index contributed by atoms with van der Waals surface area (Å²) in [4.78, 5) is 42.9. The number of ether oxygens (including phenoxy) is 2. The van der Waals surface area contributed by atoms with Crippen molar-refractivity contribution in [3.05, 3.63) is 40.5 Å². The van der Waals surface area contributed by atoms with Gasteiger partial charge in [-0.15, -0.1) is 0 Å². The minimum absolute atomic E-state index is 2.06. The van der Waals surface area contributed by atoms with Gasteiger partial charge in [-0.25, -0.2) is 4.79 Å². The Morgan fingerprint density at radius 1 is 0.773 bits per heavy atom. The lowest BCUT2D eigenvalue weighted by atomic mass is 10.5. The molecule has 0 bridgehead atoms. The Bertz CT molecular complexity index is 451. The van der Waals surface area contributed by atoms with Crippen LogP contribution in [0.15, 0.2) is 0 Å². The minimum atomic E-state index is -4.45. The maximum Gasteiger partial charge on any atom is 0.648 e. The Labute approximate surface area is 116 Å². The van der Waals surface area contributed by atoms with Crippen LogP contribution in [0.3, 0.4) is 0 Å². The fraction of sp³-hybridized carbons (Fsp3) is 0.800. The monoisotopic (exact) mass is 334 g/mol. The summed E-state index contributed by atoms with van der Waals surface area (Å²) >= 11 is 0. The van der Waals surface area contributed by atoms with Crippen molar-refractivity contribution < 1.29 is 42.7 Å². The third-order valence-corrected chi connectivity index (χ3v) is 1.87. The van der Waals surface area contributed by atoms with Gasteiger partial charge in [0.05, 0.1) is 0 Å². The summed E-state index contributed by atoms with van der Waals surface area (Å²) in [5, 5.41) is 40.4. The first kappa shape index (κ1) is 18.7. The van der Waals surface area contributed by atoms with Gasteiger partial charge in [-0.05, 0) is 0 Å². The smallest absolute Gasteiger partial charge is 0.414 e. The predicted octanol–water partition coefficient (Wildman–Crippen LogP) is -0.507. The fourth-order valence-corrected chi connectivity index (χ4v) is 0.687. The Morgan fingerprint density at radius 2 is 1.00 bits per heavy atom. The van der Waals surface area contributed by atoms with Crippen LogP contribution in [-0.2, 0) is 9.47 Å². The Balaban J connectivity index is 4.72. The van der Waals surface area contributed by atoms with Crippen molar-refractivity contribution in [2.45, 2.75) is 11.8 Å². The Kier molecular flexibility index (Phi) is 5.49. The topological polar surface area (TPSA) is 208 Å². The van der Waals surface area contributed by atoms with Gasteiger partial charge in [0, 0.05) is 0 Å². The van der Waals surface area contributed by atoms with Gasteiger partial charge in [-0.3, -0.25) is 40.5 Å². The van der Waals surface area contributed by atoms with Gasteiger partial charge in [-0.2, -0.15) is 0 Å². The summed E-state index contributed by atoms with van der Waals surface area (Å²) in [6, 6.07) is 0. The van der Waals surface area contributed by atoms with Crippen LogP contribution in [0.5, 0.6) is 0 Å². The van der Waals surface area contributed by atoms with Crippen molar-refractivity contribution in [1.29, 1.82) is 0 Å². The molecule has 0 saturated carbocycles. The molecule has 124 valence electrons. The van der Waals surface area contributed by atoms with Crippen LogP contribution in [-0.4, -0.2) is 50.9 Å². The second-order valence-corrected chi connectivity index (χ2v) is 3.29. The highest BCUT2D eigenvalue weighted by atomic mass is 19.2. The van der Waals surface area contributed by atoms with Crippen LogP contribution in [0.2, 0.25) is 0 Å². The highest BCUT2D eigenvalue weighted by Crippen LogP contribution is 2.16. The zero-order valence-electron chi connectivity index (χ0n) is 9.95. The van der Waals surface area contributed by atoms with Crippen LogP contribution in [0, 0.1) is 40.5 Å². The molecule has 0 amide bonds. The number of hydrogen-bond acceptors (Lipinski definition) is 11. The van der Waals surface area contributed by atoms with E-state index in [-0.39, 0.29) is 0 Å². The number of nitrogens with zero attached hydrogens (tertiary/aromatic N) is 4. The Morgan fingerprint density at radius 3 is 1.18 bits per heavy atom. The average Bonchev–Trinajstić information content (AvgIpc) is 2.40. The molecule has 0 radical (unpaired) electrons. The van der Waals surface area contributed by atoms with E-state index in [1.54, 1.807) is 0 Å². The zero-order valence-corrected chi connectivity index (χ0v) is 9.95. The highest BCUT2D eigenvalue weighted by molar-refractivity contribution is 5.59. The first-order valence-corrected chi connectivity index (χ1v) is 4.63. The van der Waals surface area contributed by atoms with E-state index in [9.17, 15) is 54.0 Å². The van der Waals surface area contributed by atoms with E-state index in [4.69, 9.17) is 0 Å². The normalized spacial score (nSPS) is 11.4. The second kappa shape index (κ2) is 6.45. The molecule has 17 heteroatoms. The number of carbonyl (C=O) groups is 1. The van der Waals surface area contributed by atoms with Crippen LogP contribution >= 0.6 is 0 Å². The molecule has 0 aromatic heterocycles. The summed E-state index contributed by atoms with van der Waals surface area (Å²) < 4.78 is 33.3. The molecule has 0 N–H and O–H groups in total. The molecule has 0 heterocycles. The van der Waals surface area contributed by atoms with Crippen molar-refractivity contribution in [2.24, 2.45) is 0 Å². The van der Waals surface area contributed by atoms with Crippen LogP contribution in [0.1, 0.15) is 0 Å². The molecule has 0 spiro atoms. The van der Waals surface area contributed by atoms with Crippen LogP contribution in [0.25, 0.3) is 0 Å². The summed E-state index contributed by atoms with van der Waals surface area (Å²) in [7, 11) is 0. The summed E-state index contributed by atoms with van der Waals surface area (Å²) in [5.74, 6) is -8.89. The quantitative estimate of drug-likeness (QED) is 0.181. The molecule has 22 heavy (non-hydrogen) atoms. The van der Waals surface area contributed by atoms with Gasteiger partial charge in [0.1, 0.15) is 19.7 Å². The molecular formula is C5H4F2N4O11. The molecule has 0 rings (SSSR count). The third-order valence-electron chi connectivity index (χ3n) is 1.87. The van der Waals surface area contributed by atoms with Gasteiger partial charge >= 0.3 is 18.0 Å². The van der Waals surface area contributed by atoms with E-state index in [2.05, 4.69) is 9.47 Å². The maximum atomic E-state index is 13.1. The molecule has 0 aliphatic rings. The first-order chi connectivity index (χ1) is 9.87. The van der Waals surface area contributed by atoms with E-state index in [1.807, 2.05) is 0 Å². The molecule has 0 aromatic carbocycles. The number of nitro groups is 4. The van der Waals surface area contributed by atoms with E-state index >= 15 is 0 Å². The van der Waals surface area contributed by atoms with Crippen LogP contribution in [0.4, 0.5) is 13.6 Å². The molecule has 0 saturated heterocycles. The molecular weight excluding hydrogens is 330 g/mol. The number of rotatable bonds is 8. The number of carbonyl (C=O) groups excluding carboxylic acids is 1. The van der Waals surface area contributed by atoms with Gasteiger partial charge < -0.3 is 9.47 Å².